The summed E-state index contributed by atoms with van der Waals surface area (Å²) >= 11 is 0. The summed E-state index contributed by atoms with van der Waals surface area (Å²) in [4.78, 5) is 31.4. The van der Waals surface area contributed by atoms with E-state index in [1.54, 1.807) is 0 Å². The number of hydrogen-bond acceptors (Lipinski definition) is 4. The molecule has 0 aromatic carbocycles. The maximum absolute atomic E-state index is 12.7. The molecule has 3 fully saturated rings. The summed E-state index contributed by atoms with van der Waals surface area (Å²) in [5.74, 6) is 0.677. The summed E-state index contributed by atoms with van der Waals surface area (Å²) in [6.07, 6.45) is 7.69. The van der Waals surface area contributed by atoms with Crippen molar-refractivity contribution in [3.05, 3.63) is 0 Å². The molecule has 6 nitrogen and oxygen atoms in total. The van der Waals surface area contributed by atoms with Gasteiger partial charge in [-0.2, -0.15) is 0 Å². The van der Waals surface area contributed by atoms with Crippen LogP contribution in [0.4, 0.5) is 4.79 Å². The van der Waals surface area contributed by atoms with Gasteiger partial charge in [-0.05, 0) is 46.5 Å². The summed E-state index contributed by atoms with van der Waals surface area (Å²) in [5.41, 5.74) is -0.435. The van der Waals surface area contributed by atoms with Crippen molar-refractivity contribution < 1.29 is 14.3 Å². The van der Waals surface area contributed by atoms with Crippen molar-refractivity contribution in [1.29, 1.82) is 0 Å². The zero-order chi connectivity index (χ0) is 19.4. The monoisotopic (exact) mass is 379 g/mol. The number of hydrogen-bond donors (Lipinski definition) is 0. The molecule has 0 aromatic rings. The van der Waals surface area contributed by atoms with Crippen molar-refractivity contribution in [3.63, 3.8) is 0 Å². The molecule has 2 saturated heterocycles. The van der Waals surface area contributed by atoms with Gasteiger partial charge < -0.3 is 14.5 Å². The van der Waals surface area contributed by atoms with Gasteiger partial charge in [0.15, 0.2) is 0 Å². The van der Waals surface area contributed by atoms with E-state index in [2.05, 4.69) is 9.80 Å². The number of piperidine rings is 1. The van der Waals surface area contributed by atoms with E-state index in [1.165, 1.54) is 19.3 Å². The van der Waals surface area contributed by atoms with Crippen molar-refractivity contribution in [2.75, 3.05) is 39.3 Å². The molecule has 0 radical (unpaired) electrons. The topological polar surface area (TPSA) is 53.1 Å². The highest BCUT2D eigenvalue weighted by molar-refractivity contribution is 5.79. The Morgan fingerprint density at radius 2 is 1.37 bits per heavy atom. The second-order valence-corrected chi connectivity index (χ2v) is 9.39. The minimum absolute atomic E-state index is 0.191. The Bertz CT molecular complexity index is 509. The van der Waals surface area contributed by atoms with Gasteiger partial charge in [-0.15, -0.1) is 0 Å². The first-order valence-electron chi connectivity index (χ1n) is 10.8. The molecule has 154 valence electrons. The third-order valence-electron chi connectivity index (χ3n) is 6.21. The van der Waals surface area contributed by atoms with E-state index in [-0.39, 0.29) is 12.0 Å². The van der Waals surface area contributed by atoms with E-state index < -0.39 is 5.60 Å². The number of amides is 2. The fourth-order valence-corrected chi connectivity index (χ4v) is 4.66. The lowest BCUT2D eigenvalue weighted by Gasteiger charge is -2.43. The summed E-state index contributed by atoms with van der Waals surface area (Å²) in [5, 5.41) is 0. The second kappa shape index (κ2) is 8.80. The first-order valence-corrected chi connectivity index (χ1v) is 10.8. The molecular formula is C21H37N3O3. The van der Waals surface area contributed by atoms with Crippen LogP contribution < -0.4 is 0 Å². The van der Waals surface area contributed by atoms with E-state index in [0.717, 1.165) is 65.0 Å². The molecule has 0 aromatic heterocycles. The summed E-state index contributed by atoms with van der Waals surface area (Å²) < 4.78 is 5.49. The van der Waals surface area contributed by atoms with Crippen LogP contribution in [-0.4, -0.2) is 77.6 Å². The Morgan fingerprint density at radius 1 is 0.778 bits per heavy atom. The van der Waals surface area contributed by atoms with Crippen molar-refractivity contribution >= 4 is 12.0 Å². The third kappa shape index (κ3) is 5.59. The normalized spacial score (nSPS) is 24.1. The Kier molecular flexibility index (Phi) is 6.66. The van der Waals surface area contributed by atoms with Crippen molar-refractivity contribution in [1.82, 2.24) is 14.7 Å². The molecule has 1 aliphatic carbocycles. The van der Waals surface area contributed by atoms with E-state index in [4.69, 9.17) is 4.74 Å². The van der Waals surface area contributed by atoms with Gasteiger partial charge in [0, 0.05) is 51.2 Å². The van der Waals surface area contributed by atoms with Gasteiger partial charge in [-0.1, -0.05) is 19.3 Å². The highest BCUT2D eigenvalue weighted by atomic mass is 16.6. The number of rotatable bonds is 2. The summed E-state index contributed by atoms with van der Waals surface area (Å²) in [6, 6.07) is 0.524. The Hall–Kier alpha value is -1.30. The fraction of sp³-hybridized carbons (Fsp3) is 0.905. The fourth-order valence-electron chi connectivity index (χ4n) is 4.66. The van der Waals surface area contributed by atoms with Gasteiger partial charge in [0.1, 0.15) is 5.60 Å². The lowest BCUT2D eigenvalue weighted by molar-refractivity contribution is -0.138. The molecule has 2 amide bonds. The van der Waals surface area contributed by atoms with Crippen LogP contribution >= 0.6 is 0 Å². The van der Waals surface area contributed by atoms with E-state index in [0.29, 0.717) is 11.9 Å². The number of nitrogens with zero attached hydrogens (tertiary/aromatic N) is 3. The van der Waals surface area contributed by atoms with Gasteiger partial charge in [-0.3, -0.25) is 9.69 Å². The SMILES string of the molecule is CC(C)(C)OC(=O)N1CCC(N2CCN(C(=O)C3CCCCC3)CC2)CC1. The van der Waals surface area contributed by atoms with Crippen LogP contribution in [-0.2, 0) is 9.53 Å². The molecule has 27 heavy (non-hydrogen) atoms. The molecule has 0 unspecified atom stereocenters. The average molecular weight is 380 g/mol. The zero-order valence-electron chi connectivity index (χ0n) is 17.4. The van der Waals surface area contributed by atoms with Crippen molar-refractivity contribution in [3.8, 4) is 0 Å². The lowest BCUT2D eigenvalue weighted by atomic mass is 9.88. The lowest BCUT2D eigenvalue weighted by Crippen LogP contribution is -2.55. The molecule has 2 aliphatic heterocycles. The largest absolute Gasteiger partial charge is 0.444 e. The van der Waals surface area contributed by atoms with E-state index >= 15 is 0 Å². The number of piperazine rings is 1. The summed E-state index contributed by atoms with van der Waals surface area (Å²) in [6.45, 7) is 10.9. The van der Waals surface area contributed by atoms with Crippen LogP contribution in [0.5, 0.6) is 0 Å². The van der Waals surface area contributed by atoms with Gasteiger partial charge >= 0.3 is 6.09 Å². The minimum Gasteiger partial charge on any atom is -0.444 e. The standard InChI is InChI=1S/C21H37N3O3/c1-21(2,3)27-20(26)24-11-9-18(10-12-24)22-13-15-23(16-14-22)19(25)17-7-5-4-6-8-17/h17-18H,4-16H2,1-3H3. The predicted octanol–water partition coefficient (Wildman–Crippen LogP) is 3.11. The number of carbonyl (C=O) groups excluding carboxylic acids is 2. The molecule has 2 heterocycles. The minimum atomic E-state index is -0.435. The smallest absolute Gasteiger partial charge is 0.410 e. The number of ether oxygens (including phenoxy) is 1. The van der Waals surface area contributed by atoms with E-state index in [1.807, 2.05) is 25.7 Å². The maximum Gasteiger partial charge on any atom is 0.410 e. The van der Waals surface area contributed by atoms with E-state index in [9.17, 15) is 9.59 Å². The van der Waals surface area contributed by atoms with Crippen molar-refractivity contribution in [2.24, 2.45) is 5.92 Å². The molecular weight excluding hydrogens is 342 g/mol. The summed E-state index contributed by atoms with van der Waals surface area (Å²) in [7, 11) is 0. The third-order valence-corrected chi connectivity index (χ3v) is 6.21. The first-order chi connectivity index (χ1) is 12.8. The first kappa shape index (κ1) is 20.4. The van der Waals surface area contributed by atoms with Crippen LogP contribution in [0.1, 0.15) is 65.7 Å². The molecule has 0 bridgehead atoms. The quantitative estimate of drug-likeness (QED) is 0.740. The molecule has 0 atom stereocenters. The molecule has 3 aliphatic rings. The Balaban J connectivity index is 1.40. The zero-order valence-corrected chi connectivity index (χ0v) is 17.4. The van der Waals surface area contributed by atoms with Gasteiger partial charge in [0.05, 0.1) is 0 Å². The van der Waals surface area contributed by atoms with Gasteiger partial charge in [0.25, 0.3) is 0 Å². The molecule has 0 spiro atoms. The average Bonchev–Trinajstić information content (AvgIpc) is 2.67. The molecule has 3 rings (SSSR count). The number of carbonyl (C=O) groups is 2. The van der Waals surface area contributed by atoms with Crippen LogP contribution in [0.3, 0.4) is 0 Å². The van der Waals surface area contributed by atoms with Crippen LogP contribution in [0.15, 0.2) is 0 Å². The highest BCUT2D eigenvalue weighted by Crippen LogP contribution is 2.26. The maximum atomic E-state index is 12.7. The van der Waals surface area contributed by atoms with Crippen LogP contribution in [0.25, 0.3) is 0 Å². The van der Waals surface area contributed by atoms with Gasteiger partial charge in [-0.25, -0.2) is 4.79 Å². The van der Waals surface area contributed by atoms with Gasteiger partial charge in [0.2, 0.25) is 5.91 Å². The predicted molar refractivity (Wildman–Crippen MR) is 106 cm³/mol. The Labute approximate surface area is 164 Å². The van der Waals surface area contributed by atoms with Crippen LogP contribution in [0.2, 0.25) is 0 Å². The second-order valence-electron chi connectivity index (χ2n) is 9.39. The Morgan fingerprint density at radius 3 is 1.93 bits per heavy atom. The van der Waals surface area contributed by atoms with Crippen molar-refractivity contribution in [2.45, 2.75) is 77.4 Å². The number of likely N-dealkylation sites (tertiary alicyclic amines) is 1. The highest BCUT2D eigenvalue weighted by Gasteiger charge is 2.33. The molecule has 0 N–H and O–H groups in total. The molecule has 1 saturated carbocycles. The van der Waals surface area contributed by atoms with Crippen LogP contribution in [0, 0.1) is 5.92 Å². The molecule has 6 heteroatoms.